The van der Waals surface area contributed by atoms with Crippen molar-refractivity contribution in [3.8, 4) is 45.0 Å². The third-order valence-corrected chi connectivity index (χ3v) is 11.3. The molecule has 0 aliphatic rings. The summed E-state index contributed by atoms with van der Waals surface area (Å²) >= 11 is 0. The van der Waals surface area contributed by atoms with Gasteiger partial charge in [0, 0.05) is 55.8 Å². The van der Waals surface area contributed by atoms with E-state index in [1.807, 2.05) is 36.7 Å². The second kappa shape index (κ2) is 12.8. The molecule has 0 aliphatic carbocycles. The van der Waals surface area contributed by atoms with Gasteiger partial charge in [0.25, 0.3) is 0 Å². The van der Waals surface area contributed by atoms with Crippen LogP contribution in [0.5, 0.6) is 0 Å². The number of fused-ring (bicyclic) bond motifs is 9. The lowest BCUT2D eigenvalue weighted by Gasteiger charge is -2.13. The summed E-state index contributed by atoms with van der Waals surface area (Å²) < 4.78 is 0. The fraction of sp³-hybridized carbons (Fsp3) is 0. The molecule has 12 aromatic rings. The van der Waals surface area contributed by atoms with E-state index in [0.29, 0.717) is 0 Å². The Bertz CT molecular complexity index is 3650. The third kappa shape index (κ3) is 5.27. The van der Waals surface area contributed by atoms with Gasteiger partial charge < -0.3 is 0 Å². The zero-order valence-electron chi connectivity index (χ0n) is 31.0. The fourth-order valence-corrected chi connectivity index (χ4v) is 8.38. The summed E-state index contributed by atoms with van der Waals surface area (Å²) in [5.41, 5.74) is 13.3. The number of hydrogen-bond acceptors (Lipinski definition) is 6. The van der Waals surface area contributed by atoms with Crippen LogP contribution >= 0.6 is 0 Å². The first-order chi connectivity index (χ1) is 28.7. The molecule has 0 amide bonds. The molecule has 0 saturated heterocycles. The SMILES string of the molecule is c1cnc2c(c1)ccc1ccc(-c3ccc4ccc(-c5ccc6nc(-c7ccc(-c8ccc9ccc%10cccnc%10c9n8)c8ccccc78)ccc6c5)cc4n3)nc12. The highest BCUT2D eigenvalue weighted by Crippen LogP contribution is 2.37. The van der Waals surface area contributed by atoms with Gasteiger partial charge in [-0.3, -0.25) is 9.97 Å². The average Bonchev–Trinajstić information content (AvgIpc) is 3.30. The van der Waals surface area contributed by atoms with Crippen LogP contribution in [0, 0.1) is 0 Å². The van der Waals surface area contributed by atoms with Crippen molar-refractivity contribution in [1.29, 1.82) is 0 Å². The second-order valence-electron chi connectivity index (χ2n) is 14.7. The molecule has 268 valence electrons. The maximum atomic E-state index is 5.20. The minimum absolute atomic E-state index is 0.824. The Hall–Kier alpha value is -7.96. The fourth-order valence-electron chi connectivity index (χ4n) is 8.38. The number of hydrogen-bond donors (Lipinski definition) is 0. The Labute approximate surface area is 332 Å². The van der Waals surface area contributed by atoms with Crippen molar-refractivity contribution in [2.75, 3.05) is 0 Å². The van der Waals surface area contributed by atoms with Gasteiger partial charge in [-0.2, -0.15) is 0 Å². The van der Waals surface area contributed by atoms with E-state index in [4.69, 9.17) is 19.9 Å². The number of pyridine rings is 6. The van der Waals surface area contributed by atoms with Crippen molar-refractivity contribution in [3.63, 3.8) is 0 Å². The predicted octanol–water partition coefficient (Wildman–Crippen LogP) is 12.8. The lowest BCUT2D eigenvalue weighted by molar-refractivity contribution is 1.31. The summed E-state index contributed by atoms with van der Waals surface area (Å²) in [7, 11) is 0. The lowest BCUT2D eigenvalue weighted by Crippen LogP contribution is -1.92. The predicted molar refractivity (Wildman–Crippen MR) is 237 cm³/mol. The van der Waals surface area contributed by atoms with Crippen LogP contribution in [-0.4, -0.2) is 29.9 Å². The molecule has 58 heavy (non-hydrogen) atoms. The summed E-state index contributed by atoms with van der Waals surface area (Å²) in [5, 5.41) is 8.71. The van der Waals surface area contributed by atoms with Crippen LogP contribution < -0.4 is 0 Å². The van der Waals surface area contributed by atoms with Gasteiger partial charge in [0.2, 0.25) is 0 Å². The molecule has 0 N–H and O–H groups in total. The van der Waals surface area contributed by atoms with Gasteiger partial charge in [0.15, 0.2) is 0 Å². The van der Waals surface area contributed by atoms with Crippen LogP contribution in [0.1, 0.15) is 0 Å². The monoisotopic (exact) mass is 738 g/mol. The first kappa shape index (κ1) is 32.3. The summed E-state index contributed by atoms with van der Waals surface area (Å²) in [5.74, 6) is 0. The minimum atomic E-state index is 0.824. The number of rotatable bonds is 4. The Morgan fingerprint density at radius 1 is 0.276 bits per heavy atom. The molecule has 6 aromatic carbocycles. The largest absolute Gasteiger partial charge is 0.254 e. The topological polar surface area (TPSA) is 77.3 Å². The lowest BCUT2D eigenvalue weighted by atomic mass is 9.95. The van der Waals surface area contributed by atoms with Gasteiger partial charge in [-0.05, 0) is 76.5 Å². The smallest absolute Gasteiger partial charge is 0.0972 e. The molecule has 0 radical (unpaired) electrons. The Morgan fingerprint density at radius 2 is 0.741 bits per heavy atom. The van der Waals surface area contributed by atoms with Crippen LogP contribution in [-0.2, 0) is 0 Å². The number of nitrogens with zero attached hydrogens (tertiary/aromatic N) is 6. The van der Waals surface area contributed by atoms with Crippen LogP contribution in [0.2, 0.25) is 0 Å². The Kier molecular flexibility index (Phi) is 7.13. The van der Waals surface area contributed by atoms with Crippen molar-refractivity contribution in [2.24, 2.45) is 0 Å². The van der Waals surface area contributed by atoms with E-state index in [2.05, 4.69) is 156 Å². The quantitative estimate of drug-likeness (QED) is 0.167. The van der Waals surface area contributed by atoms with Gasteiger partial charge >= 0.3 is 0 Å². The van der Waals surface area contributed by atoms with Crippen molar-refractivity contribution < 1.29 is 0 Å². The van der Waals surface area contributed by atoms with Crippen LogP contribution in [0.3, 0.4) is 0 Å². The number of aromatic nitrogens is 6. The standard InChI is InChI=1S/C52H30N6/c1-2-8-40-39(7-1)41(20-21-42(40)45-23-16-34-12-10-32-5-3-27-53-49(32)51(34)57-45)44-24-19-38-29-36(18-22-43(38)55-44)37-14-9-31-15-25-46(56-48(31)30-37)47-26-17-35-13-11-33-6-4-28-54-50(33)52(35)58-47/h1-30H. The third-order valence-electron chi connectivity index (χ3n) is 11.3. The Morgan fingerprint density at radius 3 is 1.41 bits per heavy atom. The second-order valence-corrected chi connectivity index (χ2v) is 14.7. The average molecular weight is 739 g/mol. The van der Waals surface area contributed by atoms with Gasteiger partial charge in [-0.1, -0.05) is 115 Å². The molecule has 0 spiro atoms. The van der Waals surface area contributed by atoms with Gasteiger partial charge in [0.1, 0.15) is 0 Å². The van der Waals surface area contributed by atoms with Crippen LogP contribution in [0.15, 0.2) is 182 Å². The van der Waals surface area contributed by atoms with E-state index in [1.165, 1.54) is 0 Å². The molecular formula is C52H30N6. The van der Waals surface area contributed by atoms with Crippen molar-refractivity contribution in [2.45, 2.75) is 0 Å². The first-order valence-electron chi connectivity index (χ1n) is 19.3. The van der Waals surface area contributed by atoms with Crippen molar-refractivity contribution in [1.82, 2.24) is 29.9 Å². The van der Waals surface area contributed by atoms with E-state index >= 15 is 0 Å². The molecular weight excluding hydrogens is 709 g/mol. The molecule has 0 atom stereocenters. The highest BCUT2D eigenvalue weighted by molar-refractivity contribution is 6.07. The van der Waals surface area contributed by atoms with E-state index in [0.717, 1.165) is 121 Å². The minimum Gasteiger partial charge on any atom is -0.254 e. The molecule has 6 nitrogen and oxygen atoms in total. The molecule has 12 rings (SSSR count). The molecule has 6 heterocycles. The van der Waals surface area contributed by atoms with E-state index < -0.39 is 0 Å². The summed E-state index contributed by atoms with van der Waals surface area (Å²) in [6.07, 6.45) is 3.65. The molecule has 0 bridgehead atoms. The van der Waals surface area contributed by atoms with E-state index in [9.17, 15) is 0 Å². The first-order valence-corrected chi connectivity index (χ1v) is 19.3. The van der Waals surface area contributed by atoms with Gasteiger partial charge in [-0.25, -0.2) is 19.9 Å². The highest BCUT2D eigenvalue weighted by atomic mass is 14.8. The van der Waals surface area contributed by atoms with Crippen LogP contribution in [0.25, 0.3) is 121 Å². The van der Waals surface area contributed by atoms with E-state index in [-0.39, 0.29) is 0 Å². The molecule has 0 fully saturated rings. The van der Waals surface area contributed by atoms with Gasteiger partial charge in [-0.15, -0.1) is 0 Å². The summed E-state index contributed by atoms with van der Waals surface area (Å²) in [6, 6.07) is 59.2. The molecule has 6 heteroatoms. The normalized spacial score (nSPS) is 11.8. The zero-order valence-corrected chi connectivity index (χ0v) is 31.0. The maximum absolute atomic E-state index is 5.20. The van der Waals surface area contributed by atoms with Crippen LogP contribution in [0.4, 0.5) is 0 Å². The maximum Gasteiger partial charge on any atom is 0.0972 e. The summed E-state index contributed by atoms with van der Waals surface area (Å²) in [4.78, 5) is 29.8. The Balaban J connectivity index is 0.888. The molecule has 0 aliphatic heterocycles. The van der Waals surface area contributed by atoms with E-state index in [1.54, 1.807) is 0 Å². The molecule has 0 unspecified atom stereocenters. The summed E-state index contributed by atoms with van der Waals surface area (Å²) in [6.45, 7) is 0. The highest BCUT2D eigenvalue weighted by Gasteiger charge is 2.14. The van der Waals surface area contributed by atoms with Crippen molar-refractivity contribution in [3.05, 3.63) is 182 Å². The molecule has 0 saturated carbocycles. The van der Waals surface area contributed by atoms with Gasteiger partial charge in [0.05, 0.1) is 55.9 Å². The molecule has 6 aromatic heterocycles. The van der Waals surface area contributed by atoms with Crippen molar-refractivity contribution >= 4 is 76.2 Å². The number of benzene rings is 6. The zero-order chi connectivity index (χ0) is 38.2.